The Bertz CT molecular complexity index is 536. The van der Waals surface area contributed by atoms with Crippen molar-refractivity contribution in [3.05, 3.63) is 53.3 Å². The average Bonchev–Trinajstić information content (AvgIpc) is 2.75. The molecule has 1 aliphatic carbocycles. The number of allylic oxidation sites excluding steroid dienone is 3. The number of anilines is 1. The summed E-state index contributed by atoms with van der Waals surface area (Å²) in [5.74, 6) is 1.02. The van der Waals surface area contributed by atoms with E-state index in [-0.39, 0.29) is 0 Å². The number of rotatable bonds is 2. The van der Waals surface area contributed by atoms with Gasteiger partial charge < -0.3 is 4.90 Å². The Morgan fingerprint density at radius 3 is 2.56 bits per heavy atom. The zero-order valence-electron chi connectivity index (χ0n) is 11.6. The molecule has 0 saturated heterocycles. The first-order valence-corrected chi connectivity index (χ1v) is 6.30. The molecule has 0 saturated carbocycles. The molecule has 0 bridgehead atoms. The van der Waals surface area contributed by atoms with Gasteiger partial charge in [0.15, 0.2) is 0 Å². The van der Waals surface area contributed by atoms with Crippen molar-refractivity contribution in [2.75, 3.05) is 11.9 Å². The first-order chi connectivity index (χ1) is 8.59. The monoisotopic (exact) mass is 240 g/mol. The lowest BCUT2D eigenvalue weighted by atomic mass is 10.2. The second-order valence-electron chi connectivity index (χ2n) is 4.78. The molecule has 0 spiro atoms. The van der Waals surface area contributed by atoms with Crippen LogP contribution in [0, 0.1) is 6.92 Å². The molecule has 0 aromatic heterocycles. The molecule has 0 unspecified atom stereocenters. The van der Waals surface area contributed by atoms with Crippen LogP contribution in [0.1, 0.15) is 25.8 Å². The van der Waals surface area contributed by atoms with Crippen molar-refractivity contribution >= 4 is 11.5 Å². The fourth-order valence-corrected chi connectivity index (χ4v) is 2.09. The molecule has 94 valence electrons. The number of aryl methyl sites for hydroxylation is 1. The minimum Gasteiger partial charge on any atom is -0.333 e. The molecule has 0 heterocycles. The smallest absolute Gasteiger partial charge is 0.106 e. The van der Waals surface area contributed by atoms with Gasteiger partial charge in [-0.3, -0.25) is 0 Å². The quantitative estimate of drug-likeness (QED) is 0.561. The van der Waals surface area contributed by atoms with E-state index in [0.717, 1.165) is 18.0 Å². The van der Waals surface area contributed by atoms with E-state index in [9.17, 15) is 0 Å². The Labute approximate surface area is 109 Å². The van der Waals surface area contributed by atoms with Crippen LogP contribution in [0.25, 0.3) is 0 Å². The molecule has 1 aromatic rings. The molecular weight excluding hydrogens is 220 g/mol. The number of hydrogen-bond acceptors (Lipinski definition) is 1. The van der Waals surface area contributed by atoms with Gasteiger partial charge in [-0.15, -0.1) is 0 Å². The highest BCUT2D eigenvalue weighted by molar-refractivity contribution is 5.96. The van der Waals surface area contributed by atoms with Crippen LogP contribution in [0.15, 0.2) is 52.7 Å². The molecule has 1 aliphatic rings. The molecule has 0 fully saturated rings. The molecule has 2 nitrogen and oxygen atoms in total. The minimum absolute atomic E-state index is 1.02. The van der Waals surface area contributed by atoms with Crippen molar-refractivity contribution in [1.29, 1.82) is 0 Å². The SMILES string of the molecule is CC(=NC1=C(C)CC=C1)N(C)c1ccccc1C. The van der Waals surface area contributed by atoms with Crippen LogP contribution in [0.3, 0.4) is 0 Å². The van der Waals surface area contributed by atoms with E-state index >= 15 is 0 Å². The maximum Gasteiger partial charge on any atom is 0.106 e. The number of hydrogen-bond donors (Lipinski definition) is 0. The number of benzene rings is 1. The molecule has 2 rings (SSSR count). The van der Waals surface area contributed by atoms with Gasteiger partial charge in [0.05, 0.1) is 5.70 Å². The summed E-state index contributed by atoms with van der Waals surface area (Å²) < 4.78 is 0. The Morgan fingerprint density at radius 2 is 1.94 bits per heavy atom. The van der Waals surface area contributed by atoms with E-state index in [1.54, 1.807) is 0 Å². The first-order valence-electron chi connectivity index (χ1n) is 6.30. The van der Waals surface area contributed by atoms with Crippen molar-refractivity contribution < 1.29 is 0 Å². The van der Waals surface area contributed by atoms with Gasteiger partial charge in [0.25, 0.3) is 0 Å². The van der Waals surface area contributed by atoms with Gasteiger partial charge in [-0.2, -0.15) is 0 Å². The maximum atomic E-state index is 4.71. The zero-order valence-corrected chi connectivity index (χ0v) is 11.6. The van der Waals surface area contributed by atoms with Crippen LogP contribution in [0.2, 0.25) is 0 Å². The molecule has 0 radical (unpaired) electrons. The molecule has 0 atom stereocenters. The van der Waals surface area contributed by atoms with E-state index < -0.39 is 0 Å². The molecule has 1 aromatic carbocycles. The second kappa shape index (κ2) is 5.21. The summed E-state index contributed by atoms with van der Waals surface area (Å²) >= 11 is 0. The van der Waals surface area contributed by atoms with Crippen LogP contribution < -0.4 is 4.90 Å². The maximum absolute atomic E-state index is 4.71. The summed E-state index contributed by atoms with van der Waals surface area (Å²) in [4.78, 5) is 6.85. The third kappa shape index (κ3) is 2.53. The number of para-hydroxylation sites is 1. The second-order valence-corrected chi connectivity index (χ2v) is 4.78. The topological polar surface area (TPSA) is 15.6 Å². The van der Waals surface area contributed by atoms with Gasteiger partial charge in [0, 0.05) is 12.7 Å². The lowest BCUT2D eigenvalue weighted by Gasteiger charge is -2.21. The summed E-state index contributed by atoms with van der Waals surface area (Å²) in [5.41, 5.74) is 4.92. The van der Waals surface area contributed by atoms with Crippen molar-refractivity contribution in [1.82, 2.24) is 0 Å². The molecule has 0 N–H and O–H groups in total. The Balaban J connectivity index is 2.27. The predicted molar refractivity (Wildman–Crippen MR) is 79.1 cm³/mol. The van der Waals surface area contributed by atoms with Gasteiger partial charge in [0.1, 0.15) is 5.84 Å². The van der Waals surface area contributed by atoms with Crippen molar-refractivity contribution in [3.63, 3.8) is 0 Å². The lowest BCUT2D eigenvalue weighted by Crippen LogP contribution is -2.24. The van der Waals surface area contributed by atoms with E-state index in [0.29, 0.717) is 0 Å². The number of aliphatic imine (C=N–C) groups is 1. The summed E-state index contributed by atoms with van der Waals surface area (Å²) in [7, 11) is 2.07. The molecule has 0 amide bonds. The first kappa shape index (κ1) is 12.6. The van der Waals surface area contributed by atoms with E-state index in [1.807, 2.05) is 0 Å². The fourth-order valence-electron chi connectivity index (χ4n) is 2.09. The highest BCUT2D eigenvalue weighted by Gasteiger charge is 2.09. The summed E-state index contributed by atoms with van der Waals surface area (Å²) in [5, 5.41) is 0. The zero-order chi connectivity index (χ0) is 13.1. The average molecular weight is 240 g/mol. The van der Waals surface area contributed by atoms with Crippen molar-refractivity contribution in [2.45, 2.75) is 27.2 Å². The fraction of sp³-hybridized carbons (Fsp3) is 0.312. The third-order valence-electron chi connectivity index (χ3n) is 3.38. The Morgan fingerprint density at radius 1 is 1.22 bits per heavy atom. The minimum atomic E-state index is 1.02. The lowest BCUT2D eigenvalue weighted by molar-refractivity contribution is 1.16. The number of amidine groups is 1. The van der Waals surface area contributed by atoms with Crippen LogP contribution >= 0.6 is 0 Å². The van der Waals surface area contributed by atoms with E-state index in [4.69, 9.17) is 4.99 Å². The Kier molecular flexibility index (Phi) is 3.66. The molecule has 2 heteroatoms. The predicted octanol–water partition coefficient (Wildman–Crippen LogP) is 4.08. The Hall–Kier alpha value is -1.83. The normalized spacial score (nSPS) is 15.4. The molecule has 0 aliphatic heterocycles. The van der Waals surface area contributed by atoms with Crippen molar-refractivity contribution in [2.24, 2.45) is 4.99 Å². The van der Waals surface area contributed by atoms with Crippen LogP contribution in [-0.4, -0.2) is 12.9 Å². The van der Waals surface area contributed by atoms with Crippen LogP contribution in [0.5, 0.6) is 0 Å². The van der Waals surface area contributed by atoms with Crippen LogP contribution in [-0.2, 0) is 0 Å². The highest BCUT2D eigenvalue weighted by Crippen LogP contribution is 2.22. The van der Waals surface area contributed by atoms with Gasteiger partial charge in [-0.1, -0.05) is 24.3 Å². The van der Waals surface area contributed by atoms with Gasteiger partial charge in [0.2, 0.25) is 0 Å². The van der Waals surface area contributed by atoms with Gasteiger partial charge in [-0.05, 0) is 50.5 Å². The van der Waals surface area contributed by atoms with Gasteiger partial charge in [-0.25, -0.2) is 4.99 Å². The van der Waals surface area contributed by atoms with E-state index in [2.05, 4.69) is 69.1 Å². The molecular formula is C16H20N2. The highest BCUT2D eigenvalue weighted by atomic mass is 15.2. The standard InChI is InChI=1S/C16H20N2/c1-12-9-7-10-15(12)17-14(3)18(4)16-11-6-5-8-13(16)2/h5-8,10-11H,9H2,1-4H3. The largest absolute Gasteiger partial charge is 0.333 e. The van der Waals surface area contributed by atoms with E-state index in [1.165, 1.54) is 16.8 Å². The van der Waals surface area contributed by atoms with Crippen LogP contribution in [0.4, 0.5) is 5.69 Å². The summed E-state index contributed by atoms with van der Waals surface area (Å²) in [6, 6.07) is 8.37. The van der Waals surface area contributed by atoms with Crippen molar-refractivity contribution in [3.8, 4) is 0 Å². The van der Waals surface area contributed by atoms with Gasteiger partial charge >= 0.3 is 0 Å². The summed E-state index contributed by atoms with van der Waals surface area (Å²) in [6.45, 7) is 6.32. The summed E-state index contributed by atoms with van der Waals surface area (Å²) in [6.07, 6.45) is 5.29. The number of nitrogens with zero attached hydrogens (tertiary/aromatic N) is 2. The third-order valence-corrected chi connectivity index (χ3v) is 3.38. The molecule has 18 heavy (non-hydrogen) atoms.